The number of hydrogen-bond donors (Lipinski definition) is 0. The Morgan fingerprint density at radius 2 is 2.09 bits per heavy atom. The maximum atomic E-state index is 12.0. The summed E-state index contributed by atoms with van der Waals surface area (Å²) in [5.41, 5.74) is 1.54. The smallest absolute Gasteiger partial charge is 0.248 e. The maximum Gasteiger partial charge on any atom is 0.248 e. The number of ether oxygens (including phenoxy) is 1. The Morgan fingerprint density at radius 3 is 2.78 bits per heavy atom. The molecule has 1 aromatic heterocycles. The van der Waals surface area contributed by atoms with Crippen molar-refractivity contribution >= 4 is 5.91 Å². The molecule has 126 valence electrons. The normalized spacial score (nSPS) is 21.5. The van der Waals surface area contributed by atoms with E-state index in [0.717, 1.165) is 51.3 Å². The zero-order chi connectivity index (χ0) is 16.1. The van der Waals surface area contributed by atoms with E-state index in [0.29, 0.717) is 5.41 Å². The van der Waals surface area contributed by atoms with E-state index >= 15 is 0 Å². The van der Waals surface area contributed by atoms with E-state index in [1.165, 1.54) is 12.8 Å². The van der Waals surface area contributed by atoms with Crippen LogP contribution in [0.2, 0.25) is 0 Å². The molecule has 0 aromatic carbocycles. The number of methoxy groups -OCH3 is 1. The lowest BCUT2D eigenvalue weighted by molar-refractivity contribution is -0.138. The van der Waals surface area contributed by atoms with Crippen molar-refractivity contribution < 1.29 is 9.53 Å². The van der Waals surface area contributed by atoms with Crippen molar-refractivity contribution in [2.24, 2.45) is 5.41 Å². The van der Waals surface area contributed by atoms with Crippen LogP contribution in [0.25, 0.3) is 0 Å². The van der Waals surface area contributed by atoms with Crippen LogP contribution in [-0.4, -0.2) is 60.6 Å². The van der Waals surface area contributed by atoms with Gasteiger partial charge in [0.05, 0.1) is 5.69 Å². The minimum atomic E-state index is 0.128. The second-order valence-electron chi connectivity index (χ2n) is 6.95. The Bertz CT molecular complexity index is 512. The van der Waals surface area contributed by atoms with E-state index in [-0.39, 0.29) is 12.5 Å². The van der Waals surface area contributed by atoms with Gasteiger partial charge in [0.2, 0.25) is 5.91 Å². The molecule has 0 unspecified atom stereocenters. The Morgan fingerprint density at radius 1 is 1.26 bits per heavy atom. The number of amides is 1. The summed E-state index contributed by atoms with van der Waals surface area (Å²) in [7, 11) is 1.58. The molecule has 3 rings (SSSR count). The van der Waals surface area contributed by atoms with Gasteiger partial charge in [0.15, 0.2) is 0 Å². The SMILES string of the molecule is COCC(=O)N1CCC2(CCCN(Cc3ccccn3)C2)CC1. The topological polar surface area (TPSA) is 45.7 Å². The van der Waals surface area contributed by atoms with Crippen LogP contribution in [0.3, 0.4) is 0 Å². The fraction of sp³-hybridized carbons (Fsp3) is 0.667. The first-order valence-corrected chi connectivity index (χ1v) is 8.60. The minimum Gasteiger partial charge on any atom is -0.375 e. The quantitative estimate of drug-likeness (QED) is 0.851. The molecule has 2 fully saturated rings. The monoisotopic (exact) mass is 317 g/mol. The molecule has 0 bridgehead atoms. The number of carbonyl (C=O) groups is 1. The van der Waals surface area contributed by atoms with Gasteiger partial charge in [-0.15, -0.1) is 0 Å². The summed E-state index contributed by atoms with van der Waals surface area (Å²) in [6.45, 7) is 5.19. The summed E-state index contributed by atoms with van der Waals surface area (Å²) in [5.74, 6) is 0.128. The number of likely N-dealkylation sites (tertiary alicyclic amines) is 2. The molecule has 5 heteroatoms. The molecule has 0 saturated carbocycles. The molecule has 1 aromatic rings. The Hall–Kier alpha value is -1.46. The van der Waals surface area contributed by atoms with E-state index in [9.17, 15) is 4.79 Å². The molecule has 0 N–H and O–H groups in total. The van der Waals surface area contributed by atoms with E-state index in [1.807, 2.05) is 17.2 Å². The van der Waals surface area contributed by atoms with E-state index in [4.69, 9.17) is 4.74 Å². The fourth-order valence-corrected chi connectivity index (χ4v) is 4.02. The van der Waals surface area contributed by atoms with Crippen LogP contribution in [0, 0.1) is 5.41 Å². The van der Waals surface area contributed by atoms with E-state index in [1.54, 1.807) is 7.11 Å². The van der Waals surface area contributed by atoms with Gasteiger partial charge < -0.3 is 9.64 Å². The lowest BCUT2D eigenvalue weighted by atomic mass is 9.72. The Kier molecular flexibility index (Phi) is 5.28. The maximum absolute atomic E-state index is 12.0. The van der Waals surface area contributed by atoms with E-state index < -0.39 is 0 Å². The number of hydrogen-bond acceptors (Lipinski definition) is 4. The van der Waals surface area contributed by atoms with Gasteiger partial charge >= 0.3 is 0 Å². The van der Waals surface area contributed by atoms with Crippen molar-refractivity contribution in [2.75, 3.05) is 39.9 Å². The number of nitrogens with zero attached hydrogens (tertiary/aromatic N) is 3. The van der Waals surface area contributed by atoms with E-state index in [2.05, 4.69) is 22.0 Å². The van der Waals surface area contributed by atoms with Crippen molar-refractivity contribution in [2.45, 2.75) is 32.2 Å². The number of carbonyl (C=O) groups excluding carboxylic acids is 1. The molecule has 0 atom stereocenters. The lowest BCUT2D eigenvalue weighted by Gasteiger charge is -2.47. The molecule has 1 amide bonds. The summed E-state index contributed by atoms with van der Waals surface area (Å²) in [6, 6.07) is 6.13. The first-order chi connectivity index (χ1) is 11.2. The molecular weight excluding hydrogens is 290 g/mol. The average molecular weight is 317 g/mol. The molecule has 0 aliphatic carbocycles. The second-order valence-corrected chi connectivity index (χ2v) is 6.95. The van der Waals surface area contributed by atoms with Crippen LogP contribution in [-0.2, 0) is 16.1 Å². The summed E-state index contributed by atoms with van der Waals surface area (Å²) in [4.78, 5) is 20.9. The number of pyridine rings is 1. The third-order valence-corrected chi connectivity index (χ3v) is 5.30. The van der Waals surface area contributed by atoms with Crippen LogP contribution in [0.1, 0.15) is 31.4 Å². The van der Waals surface area contributed by atoms with Gasteiger partial charge in [-0.2, -0.15) is 0 Å². The molecule has 2 aliphatic rings. The zero-order valence-corrected chi connectivity index (χ0v) is 14.0. The van der Waals surface area contributed by atoms with Crippen LogP contribution in [0.5, 0.6) is 0 Å². The molecule has 2 saturated heterocycles. The predicted octanol–water partition coefficient (Wildman–Crippen LogP) is 1.93. The molecule has 1 spiro atoms. The largest absolute Gasteiger partial charge is 0.375 e. The molecule has 5 nitrogen and oxygen atoms in total. The predicted molar refractivity (Wildman–Crippen MR) is 88.9 cm³/mol. The first-order valence-electron chi connectivity index (χ1n) is 8.60. The Balaban J connectivity index is 1.55. The van der Waals surface area contributed by atoms with Crippen molar-refractivity contribution in [1.82, 2.24) is 14.8 Å². The van der Waals surface area contributed by atoms with Gasteiger partial charge in [0.25, 0.3) is 0 Å². The summed E-state index contributed by atoms with van der Waals surface area (Å²) >= 11 is 0. The van der Waals surface area contributed by atoms with Crippen LogP contribution in [0.4, 0.5) is 0 Å². The van der Waals surface area contributed by atoms with Crippen molar-refractivity contribution in [1.29, 1.82) is 0 Å². The molecular formula is C18H27N3O2. The molecule has 23 heavy (non-hydrogen) atoms. The van der Waals surface area contributed by atoms with Gasteiger partial charge in [-0.1, -0.05) is 6.07 Å². The highest BCUT2D eigenvalue weighted by atomic mass is 16.5. The van der Waals surface area contributed by atoms with Gasteiger partial charge in [-0.3, -0.25) is 14.7 Å². The van der Waals surface area contributed by atoms with Crippen molar-refractivity contribution in [3.05, 3.63) is 30.1 Å². The first kappa shape index (κ1) is 16.4. The highest BCUT2D eigenvalue weighted by molar-refractivity contribution is 5.77. The van der Waals surface area contributed by atoms with Crippen molar-refractivity contribution in [3.8, 4) is 0 Å². The van der Waals surface area contributed by atoms with Crippen LogP contribution >= 0.6 is 0 Å². The van der Waals surface area contributed by atoms with Crippen molar-refractivity contribution in [3.63, 3.8) is 0 Å². The summed E-state index contributed by atoms with van der Waals surface area (Å²) in [6.07, 6.45) is 6.63. The summed E-state index contributed by atoms with van der Waals surface area (Å²) in [5, 5.41) is 0. The lowest BCUT2D eigenvalue weighted by Crippen LogP contribution is -2.51. The fourth-order valence-electron chi connectivity index (χ4n) is 4.02. The van der Waals surface area contributed by atoms with Crippen LogP contribution in [0.15, 0.2) is 24.4 Å². The van der Waals surface area contributed by atoms with Gasteiger partial charge in [-0.05, 0) is 49.8 Å². The third kappa shape index (κ3) is 4.09. The molecule has 0 radical (unpaired) electrons. The highest BCUT2D eigenvalue weighted by Gasteiger charge is 2.39. The van der Waals surface area contributed by atoms with Crippen LogP contribution < -0.4 is 0 Å². The van der Waals surface area contributed by atoms with Gasteiger partial charge in [-0.25, -0.2) is 0 Å². The highest BCUT2D eigenvalue weighted by Crippen LogP contribution is 2.40. The third-order valence-electron chi connectivity index (χ3n) is 5.30. The number of piperidine rings is 2. The molecule has 3 heterocycles. The minimum absolute atomic E-state index is 0.128. The average Bonchev–Trinajstić information content (AvgIpc) is 2.57. The van der Waals surface area contributed by atoms with Gasteiger partial charge in [0.1, 0.15) is 6.61 Å². The zero-order valence-electron chi connectivity index (χ0n) is 14.0. The molecule has 2 aliphatic heterocycles. The number of aromatic nitrogens is 1. The number of rotatable bonds is 4. The van der Waals surface area contributed by atoms with Gasteiger partial charge in [0, 0.05) is 39.5 Å². The second kappa shape index (κ2) is 7.41. The standard InChI is InChI=1S/C18H27N3O2/c1-23-14-17(22)21-11-7-18(8-12-21)6-4-10-20(15-18)13-16-5-2-3-9-19-16/h2-3,5,9H,4,6-8,10-15H2,1H3. The summed E-state index contributed by atoms with van der Waals surface area (Å²) < 4.78 is 4.97. The Labute approximate surface area is 138 Å².